The average Bonchev–Trinajstić information content (AvgIpc) is 3.84. The molecule has 0 unspecified atom stereocenters. The first-order valence-corrected chi connectivity index (χ1v) is 16.0. The summed E-state index contributed by atoms with van der Waals surface area (Å²) >= 11 is 0. The molecule has 10 nitrogen and oxygen atoms in total. The van der Waals surface area contributed by atoms with Crippen molar-refractivity contribution in [1.29, 1.82) is 0 Å². The predicted molar refractivity (Wildman–Crippen MR) is 167 cm³/mol. The van der Waals surface area contributed by atoms with Gasteiger partial charge >= 0.3 is 0 Å². The van der Waals surface area contributed by atoms with Gasteiger partial charge in [-0.05, 0) is 64.3 Å². The molecule has 3 fully saturated rings. The zero-order chi connectivity index (χ0) is 31.0. The first-order chi connectivity index (χ1) is 21.2. The van der Waals surface area contributed by atoms with Crippen LogP contribution in [0.3, 0.4) is 0 Å². The number of nitrogens with one attached hydrogen (secondary N) is 2. The van der Waals surface area contributed by atoms with Crippen LogP contribution in [0, 0.1) is 11.7 Å². The Kier molecular flexibility index (Phi) is 9.18. The maximum absolute atomic E-state index is 14.2. The van der Waals surface area contributed by atoms with E-state index in [1.165, 1.54) is 12.1 Å². The number of anilines is 2. The highest BCUT2D eigenvalue weighted by Gasteiger charge is 2.37. The van der Waals surface area contributed by atoms with Gasteiger partial charge in [0, 0.05) is 61.7 Å². The van der Waals surface area contributed by atoms with E-state index >= 15 is 0 Å². The van der Waals surface area contributed by atoms with Crippen molar-refractivity contribution in [2.24, 2.45) is 5.92 Å². The van der Waals surface area contributed by atoms with Crippen LogP contribution in [-0.4, -0.2) is 103 Å². The van der Waals surface area contributed by atoms with Gasteiger partial charge in [0.1, 0.15) is 23.9 Å². The van der Waals surface area contributed by atoms with E-state index in [-0.39, 0.29) is 48.2 Å². The SMILES string of the molecule is C[C@@H]1CN(CC(=O)N2c3cc(Cc4ccc(F)cc4)c(NC(=O)C4CC4)nc3OC[C@@H]2C)[C@@H](CN2[C@H](C)COC[C@H]2C)CN1. The molecule has 11 heteroatoms. The highest BCUT2D eigenvalue weighted by atomic mass is 19.1. The zero-order valence-corrected chi connectivity index (χ0v) is 26.2. The summed E-state index contributed by atoms with van der Waals surface area (Å²) in [4.78, 5) is 38.3. The number of pyridine rings is 1. The van der Waals surface area contributed by atoms with Gasteiger partial charge < -0.3 is 25.0 Å². The molecule has 2 amide bonds. The topological polar surface area (TPSA) is 99.3 Å². The summed E-state index contributed by atoms with van der Waals surface area (Å²) in [6.07, 6.45) is 2.16. The number of nitrogens with zero attached hydrogens (tertiary/aromatic N) is 4. The molecule has 2 saturated heterocycles. The first kappa shape index (κ1) is 30.9. The van der Waals surface area contributed by atoms with E-state index in [1.54, 1.807) is 12.1 Å². The van der Waals surface area contributed by atoms with Crippen LogP contribution >= 0.6 is 0 Å². The smallest absolute Gasteiger partial charge is 0.241 e. The van der Waals surface area contributed by atoms with Gasteiger partial charge in [-0.3, -0.25) is 19.4 Å². The second kappa shape index (κ2) is 13.1. The molecule has 1 aromatic heterocycles. The number of morpholine rings is 1. The summed E-state index contributed by atoms with van der Waals surface area (Å²) in [7, 11) is 0. The number of fused-ring (bicyclic) bond motifs is 1. The predicted octanol–water partition coefficient (Wildman–Crippen LogP) is 3.05. The number of hydrogen-bond donors (Lipinski definition) is 2. The van der Waals surface area contributed by atoms with Gasteiger partial charge in [-0.2, -0.15) is 4.98 Å². The second-order valence-corrected chi connectivity index (χ2v) is 13.1. The highest BCUT2D eigenvalue weighted by Crippen LogP contribution is 2.38. The number of amides is 2. The van der Waals surface area contributed by atoms with Crippen LogP contribution in [0.1, 0.15) is 51.7 Å². The highest BCUT2D eigenvalue weighted by molar-refractivity contribution is 5.98. The molecule has 6 rings (SSSR count). The van der Waals surface area contributed by atoms with Gasteiger partial charge in [0.25, 0.3) is 0 Å². The number of carbonyl (C=O) groups excluding carboxylic acids is 2. The monoisotopic (exact) mass is 608 g/mol. The van der Waals surface area contributed by atoms with E-state index in [1.807, 2.05) is 17.9 Å². The minimum Gasteiger partial charge on any atom is -0.474 e. The molecule has 1 aromatic carbocycles. The molecule has 5 atom stereocenters. The minimum atomic E-state index is -0.309. The molecule has 2 aromatic rings. The molecule has 0 spiro atoms. The second-order valence-electron chi connectivity index (χ2n) is 13.1. The molecule has 4 heterocycles. The summed E-state index contributed by atoms with van der Waals surface area (Å²) in [5, 5.41) is 6.61. The Morgan fingerprint density at radius 2 is 1.77 bits per heavy atom. The number of piperazine rings is 1. The summed E-state index contributed by atoms with van der Waals surface area (Å²) in [6.45, 7) is 13.0. The van der Waals surface area contributed by atoms with Crippen molar-refractivity contribution < 1.29 is 23.5 Å². The lowest BCUT2D eigenvalue weighted by Gasteiger charge is -2.46. The van der Waals surface area contributed by atoms with Gasteiger partial charge in [0.05, 0.1) is 25.8 Å². The lowest BCUT2D eigenvalue weighted by Crippen LogP contribution is -2.63. The number of aromatic nitrogens is 1. The molecule has 44 heavy (non-hydrogen) atoms. The maximum Gasteiger partial charge on any atom is 0.241 e. The van der Waals surface area contributed by atoms with Gasteiger partial charge in [0.15, 0.2) is 0 Å². The van der Waals surface area contributed by atoms with Crippen molar-refractivity contribution in [3.63, 3.8) is 0 Å². The van der Waals surface area contributed by atoms with E-state index in [4.69, 9.17) is 14.5 Å². The average molecular weight is 609 g/mol. The molecule has 238 valence electrons. The van der Waals surface area contributed by atoms with Crippen molar-refractivity contribution in [3.05, 3.63) is 47.3 Å². The summed E-state index contributed by atoms with van der Waals surface area (Å²) in [5.41, 5.74) is 2.23. The normalized spacial score (nSPS) is 27.8. The van der Waals surface area contributed by atoms with Crippen molar-refractivity contribution in [2.75, 3.05) is 56.2 Å². The van der Waals surface area contributed by atoms with Crippen LogP contribution in [-0.2, 0) is 20.7 Å². The van der Waals surface area contributed by atoms with Crippen LogP contribution < -0.4 is 20.3 Å². The molecule has 3 aliphatic heterocycles. The fraction of sp³-hybridized carbons (Fsp3) is 0.606. The molecule has 0 bridgehead atoms. The number of benzene rings is 1. The lowest BCUT2D eigenvalue weighted by molar-refractivity contribution is -0.122. The Morgan fingerprint density at radius 1 is 1.05 bits per heavy atom. The van der Waals surface area contributed by atoms with E-state index < -0.39 is 0 Å². The zero-order valence-electron chi connectivity index (χ0n) is 26.2. The summed E-state index contributed by atoms with van der Waals surface area (Å²) < 4.78 is 25.4. The Bertz CT molecular complexity index is 1340. The van der Waals surface area contributed by atoms with Crippen molar-refractivity contribution in [3.8, 4) is 5.88 Å². The number of halogens is 1. The standard InChI is InChI=1S/C33H45FN6O4/c1-20-14-38(28(13-35-20)15-39-21(2)17-43-18-22(39)3)16-30(41)40-23(4)19-44-33-29(40)12-26(11-24-5-9-27(34)10-6-24)31(37-33)36-32(42)25-7-8-25/h5-6,9-10,12,20-23,25,28,35H,7-8,11,13-19H2,1-4H3,(H,36,37,42)/t20-,21-,22-,23+,28-/m1/s1. The third kappa shape index (κ3) is 6.91. The van der Waals surface area contributed by atoms with Crippen LogP contribution in [0.15, 0.2) is 30.3 Å². The van der Waals surface area contributed by atoms with Gasteiger partial charge in [-0.1, -0.05) is 12.1 Å². The number of hydrogen-bond acceptors (Lipinski definition) is 8. The van der Waals surface area contributed by atoms with E-state index in [9.17, 15) is 14.0 Å². The molecule has 2 N–H and O–H groups in total. The Hall–Kier alpha value is -3.12. The molecule has 4 aliphatic rings. The van der Waals surface area contributed by atoms with Crippen LogP contribution in [0.4, 0.5) is 15.9 Å². The molecular weight excluding hydrogens is 563 g/mol. The first-order valence-electron chi connectivity index (χ1n) is 16.0. The fourth-order valence-corrected chi connectivity index (χ4v) is 6.62. The van der Waals surface area contributed by atoms with Crippen LogP contribution in [0.2, 0.25) is 0 Å². The van der Waals surface area contributed by atoms with Gasteiger partial charge in [0.2, 0.25) is 17.7 Å². The van der Waals surface area contributed by atoms with E-state index in [2.05, 4.69) is 41.2 Å². The fourth-order valence-electron chi connectivity index (χ4n) is 6.62. The number of carbonyl (C=O) groups is 2. The van der Waals surface area contributed by atoms with Gasteiger partial charge in [-0.15, -0.1) is 0 Å². The van der Waals surface area contributed by atoms with Crippen molar-refractivity contribution >= 4 is 23.3 Å². The number of rotatable bonds is 8. The number of ether oxygens (including phenoxy) is 2. The quantitative estimate of drug-likeness (QED) is 0.472. The minimum absolute atomic E-state index is 0.00308. The van der Waals surface area contributed by atoms with Crippen LogP contribution in [0.5, 0.6) is 5.88 Å². The Balaban J connectivity index is 1.26. The van der Waals surface area contributed by atoms with Crippen molar-refractivity contribution in [1.82, 2.24) is 20.1 Å². The molecule has 0 radical (unpaired) electrons. The molecule has 1 aliphatic carbocycles. The van der Waals surface area contributed by atoms with Crippen LogP contribution in [0.25, 0.3) is 0 Å². The van der Waals surface area contributed by atoms with E-state index in [0.29, 0.717) is 42.5 Å². The Labute approximate surface area is 259 Å². The summed E-state index contributed by atoms with van der Waals surface area (Å²) in [6, 6.07) is 9.12. The van der Waals surface area contributed by atoms with Gasteiger partial charge in [-0.25, -0.2) is 4.39 Å². The maximum atomic E-state index is 14.2. The Morgan fingerprint density at radius 3 is 2.48 bits per heavy atom. The third-order valence-electron chi connectivity index (χ3n) is 9.31. The molecular formula is C33H45FN6O4. The van der Waals surface area contributed by atoms with E-state index in [0.717, 1.165) is 56.8 Å². The summed E-state index contributed by atoms with van der Waals surface area (Å²) in [5.74, 6) is 0.398. The lowest BCUT2D eigenvalue weighted by atomic mass is 10.0. The van der Waals surface area contributed by atoms with Crippen molar-refractivity contribution in [2.45, 2.75) is 77.2 Å². The third-order valence-corrected chi connectivity index (χ3v) is 9.31. The molecule has 1 saturated carbocycles. The largest absolute Gasteiger partial charge is 0.474 e.